The molecule has 3 heteroatoms. The van der Waals surface area contributed by atoms with Crippen molar-refractivity contribution in [2.45, 2.75) is 6.42 Å². The summed E-state index contributed by atoms with van der Waals surface area (Å²) in [7, 11) is 0. The second-order valence-corrected chi connectivity index (χ2v) is 3.43. The predicted octanol–water partition coefficient (Wildman–Crippen LogP) is 1.73. The highest BCUT2D eigenvalue weighted by Crippen LogP contribution is 2.18. The van der Waals surface area contributed by atoms with Crippen LogP contribution in [0.4, 0.5) is 8.78 Å². The standard InChI is InChI=1S/C10H11F2N/c11-9-2-1-3-10(12)8(9)4-7-5-13-6-7/h1-3,7,13H,4-6H2. The Morgan fingerprint density at radius 2 is 1.85 bits per heavy atom. The van der Waals surface area contributed by atoms with Gasteiger partial charge < -0.3 is 5.32 Å². The van der Waals surface area contributed by atoms with Crippen molar-refractivity contribution in [3.63, 3.8) is 0 Å². The predicted molar refractivity (Wildman–Crippen MR) is 46.4 cm³/mol. The van der Waals surface area contributed by atoms with Gasteiger partial charge in [-0.25, -0.2) is 8.78 Å². The number of hydrogen-bond donors (Lipinski definition) is 1. The molecule has 0 unspecified atom stereocenters. The fourth-order valence-electron chi connectivity index (χ4n) is 1.51. The van der Waals surface area contributed by atoms with E-state index in [4.69, 9.17) is 0 Å². The van der Waals surface area contributed by atoms with Gasteiger partial charge in [-0.3, -0.25) is 0 Å². The maximum Gasteiger partial charge on any atom is 0.129 e. The van der Waals surface area contributed by atoms with Crippen LogP contribution in [0.15, 0.2) is 18.2 Å². The summed E-state index contributed by atoms with van der Waals surface area (Å²) >= 11 is 0. The summed E-state index contributed by atoms with van der Waals surface area (Å²) in [5.41, 5.74) is 0.231. The van der Waals surface area contributed by atoms with Gasteiger partial charge >= 0.3 is 0 Å². The molecule has 0 radical (unpaired) electrons. The molecular formula is C10H11F2N. The fourth-order valence-corrected chi connectivity index (χ4v) is 1.51. The molecule has 1 N–H and O–H groups in total. The van der Waals surface area contributed by atoms with Crippen LogP contribution in [0.25, 0.3) is 0 Å². The molecule has 1 fully saturated rings. The van der Waals surface area contributed by atoms with Gasteiger partial charge in [0.2, 0.25) is 0 Å². The van der Waals surface area contributed by atoms with E-state index in [1.165, 1.54) is 18.2 Å². The number of benzene rings is 1. The third kappa shape index (κ3) is 1.70. The minimum Gasteiger partial charge on any atom is -0.316 e. The van der Waals surface area contributed by atoms with Crippen molar-refractivity contribution in [2.75, 3.05) is 13.1 Å². The zero-order valence-corrected chi connectivity index (χ0v) is 7.19. The number of rotatable bonds is 2. The van der Waals surface area contributed by atoms with Crippen molar-refractivity contribution < 1.29 is 8.78 Å². The lowest BCUT2D eigenvalue weighted by molar-refractivity contribution is 0.338. The van der Waals surface area contributed by atoms with Gasteiger partial charge in [-0.15, -0.1) is 0 Å². The summed E-state index contributed by atoms with van der Waals surface area (Å²) in [6.45, 7) is 1.74. The van der Waals surface area contributed by atoms with Crippen LogP contribution in [-0.2, 0) is 6.42 Å². The summed E-state index contributed by atoms with van der Waals surface area (Å²) < 4.78 is 26.2. The molecule has 0 spiro atoms. The zero-order valence-electron chi connectivity index (χ0n) is 7.19. The molecule has 0 atom stereocenters. The van der Waals surface area contributed by atoms with Gasteiger partial charge in [0.05, 0.1) is 0 Å². The van der Waals surface area contributed by atoms with Crippen molar-refractivity contribution >= 4 is 0 Å². The fraction of sp³-hybridized carbons (Fsp3) is 0.400. The van der Waals surface area contributed by atoms with Gasteiger partial charge in [-0.1, -0.05) is 6.07 Å². The Hall–Kier alpha value is -0.960. The molecular weight excluding hydrogens is 172 g/mol. The summed E-state index contributed by atoms with van der Waals surface area (Å²) in [5, 5.41) is 3.08. The average molecular weight is 183 g/mol. The normalized spacial score (nSPS) is 17.1. The van der Waals surface area contributed by atoms with E-state index in [-0.39, 0.29) is 5.56 Å². The van der Waals surface area contributed by atoms with E-state index in [0.717, 1.165) is 13.1 Å². The topological polar surface area (TPSA) is 12.0 Å². The lowest BCUT2D eigenvalue weighted by Crippen LogP contribution is -2.43. The molecule has 0 bridgehead atoms. The monoisotopic (exact) mass is 183 g/mol. The summed E-state index contributed by atoms with van der Waals surface area (Å²) in [6.07, 6.45) is 0.505. The summed E-state index contributed by atoms with van der Waals surface area (Å²) in [5.74, 6) is -0.454. The Labute approximate surface area is 75.8 Å². The molecule has 13 heavy (non-hydrogen) atoms. The van der Waals surface area contributed by atoms with Gasteiger partial charge in [-0.05, 0) is 37.6 Å². The number of hydrogen-bond acceptors (Lipinski definition) is 1. The molecule has 1 heterocycles. The molecule has 1 aromatic carbocycles. The molecule has 0 saturated carbocycles. The SMILES string of the molecule is Fc1cccc(F)c1CC1CNC1. The van der Waals surface area contributed by atoms with E-state index >= 15 is 0 Å². The number of halogens is 2. The third-order valence-corrected chi connectivity index (χ3v) is 2.42. The van der Waals surface area contributed by atoms with E-state index in [9.17, 15) is 8.78 Å². The third-order valence-electron chi connectivity index (χ3n) is 2.42. The lowest BCUT2D eigenvalue weighted by Gasteiger charge is -2.27. The second kappa shape index (κ2) is 3.42. The van der Waals surface area contributed by atoms with Crippen molar-refractivity contribution in [3.05, 3.63) is 35.4 Å². The van der Waals surface area contributed by atoms with Gasteiger partial charge in [0.1, 0.15) is 11.6 Å². The van der Waals surface area contributed by atoms with Crippen LogP contribution in [0.1, 0.15) is 5.56 Å². The smallest absolute Gasteiger partial charge is 0.129 e. The van der Waals surface area contributed by atoms with E-state index < -0.39 is 11.6 Å². The van der Waals surface area contributed by atoms with Gasteiger partial charge in [0, 0.05) is 5.56 Å². The van der Waals surface area contributed by atoms with Crippen molar-refractivity contribution in [2.24, 2.45) is 5.92 Å². The molecule has 0 aromatic heterocycles. The first-order valence-electron chi connectivity index (χ1n) is 4.41. The Balaban J connectivity index is 2.17. The highest BCUT2D eigenvalue weighted by Gasteiger charge is 2.20. The minimum atomic E-state index is -0.424. The number of nitrogens with one attached hydrogen (secondary N) is 1. The molecule has 0 aliphatic carbocycles. The first-order chi connectivity index (χ1) is 6.27. The Morgan fingerprint density at radius 1 is 1.23 bits per heavy atom. The van der Waals surface area contributed by atoms with Gasteiger partial charge in [0.25, 0.3) is 0 Å². The molecule has 70 valence electrons. The summed E-state index contributed by atoms with van der Waals surface area (Å²) in [6, 6.07) is 4.02. The van der Waals surface area contributed by atoms with Crippen molar-refractivity contribution in [3.8, 4) is 0 Å². The van der Waals surface area contributed by atoms with E-state index in [1.54, 1.807) is 0 Å². The molecule has 1 aliphatic heterocycles. The Bertz CT molecular complexity index is 288. The molecule has 1 aromatic rings. The molecule has 1 saturated heterocycles. The van der Waals surface area contributed by atoms with Crippen LogP contribution < -0.4 is 5.32 Å². The van der Waals surface area contributed by atoms with Crippen LogP contribution in [0.2, 0.25) is 0 Å². The van der Waals surface area contributed by atoms with E-state index in [2.05, 4.69) is 5.32 Å². The highest BCUT2D eigenvalue weighted by molar-refractivity contribution is 5.20. The first kappa shape index (κ1) is 8.63. The Morgan fingerprint density at radius 3 is 2.31 bits per heavy atom. The maximum absolute atomic E-state index is 13.1. The quantitative estimate of drug-likeness (QED) is 0.736. The van der Waals surface area contributed by atoms with Gasteiger partial charge in [0.15, 0.2) is 0 Å². The van der Waals surface area contributed by atoms with Crippen molar-refractivity contribution in [1.29, 1.82) is 0 Å². The van der Waals surface area contributed by atoms with Crippen molar-refractivity contribution in [1.82, 2.24) is 5.32 Å². The van der Waals surface area contributed by atoms with Gasteiger partial charge in [-0.2, -0.15) is 0 Å². The second-order valence-electron chi connectivity index (χ2n) is 3.43. The average Bonchev–Trinajstić information content (AvgIpc) is 2.00. The minimum absolute atomic E-state index is 0.231. The lowest BCUT2D eigenvalue weighted by atomic mass is 9.94. The van der Waals surface area contributed by atoms with Crippen LogP contribution in [0, 0.1) is 17.6 Å². The molecule has 0 amide bonds. The zero-order chi connectivity index (χ0) is 9.26. The van der Waals surface area contributed by atoms with Crippen LogP contribution in [0.3, 0.4) is 0 Å². The van der Waals surface area contributed by atoms with E-state index in [1.807, 2.05) is 0 Å². The van der Waals surface area contributed by atoms with Crippen LogP contribution in [0.5, 0.6) is 0 Å². The summed E-state index contributed by atoms with van der Waals surface area (Å²) in [4.78, 5) is 0. The van der Waals surface area contributed by atoms with Crippen LogP contribution in [-0.4, -0.2) is 13.1 Å². The Kier molecular flexibility index (Phi) is 2.27. The molecule has 2 rings (SSSR count). The molecule has 1 aliphatic rings. The van der Waals surface area contributed by atoms with Crippen LogP contribution >= 0.6 is 0 Å². The largest absolute Gasteiger partial charge is 0.316 e. The molecule has 1 nitrogen and oxygen atoms in total. The maximum atomic E-state index is 13.1. The first-order valence-corrected chi connectivity index (χ1v) is 4.41. The van der Waals surface area contributed by atoms with E-state index in [0.29, 0.717) is 12.3 Å². The highest BCUT2D eigenvalue weighted by atomic mass is 19.1.